The van der Waals surface area contributed by atoms with Crippen molar-refractivity contribution in [3.8, 4) is 0 Å². The molecule has 1 aliphatic carbocycles. The lowest BCUT2D eigenvalue weighted by Gasteiger charge is -2.51. The third-order valence-electron chi connectivity index (χ3n) is 4.94. The first-order valence-corrected chi connectivity index (χ1v) is 5.98. The van der Waals surface area contributed by atoms with E-state index in [0.29, 0.717) is 16.5 Å². The Hall–Kier alpha value is -0.0800. The third-order valence-corrected chi connectivity index (χ3v) is 4.94. The summed E-state index contributed by atoms with van der Waals surface area (Å²) in [7, 11) is 0. The van der Waals surface area contributed by atoms with Crippen LogP contribution in [0.3, 0.4) is 0 Å². The highest BCUT2D eigenvalue weighted by Crippen LogP contribution is 2.57. The van der Waals surface area contributed by atoms with Gasteiger partial charge in [0.1, 0.15) is 0 Å². The Balaban J connectivity index is 1.88. The van der Waals surface area contributed by atoms with Gasteiger partial charge in [0.05, 0.1) is 0 Å². The first kappa shape index (κ1) is 9.17. The summed E-state index contributed by atoms with van der Waals surface area (Å²) >= 11 is 0. The van der Waals surface area contributed by atoms with Crippen molar-refractivity contribution < 1.29 is 0 Å². The SMILES string of the molecule is CC(C)(C)N1CC23CCCC2(C1)NC3. The molecular formula is C12H22N2. The summed E-state index contributed by atoms with van der Waals surface area (Å²) in [5.74, 6) is 0. The van der Waals surface area contributed by atoms with Gasteiger partial charge in [-0.3, -0.25) is 4.90 Å². The van der Waals surface area contributed by atoms with E-state index in [1.165, 1.54) is 38.9 Å². The highest BCUT2D eigenvalue weighted by molar-refractivity contribution is 5.24. The molecule has 2 saturated heterocycles. The standard InChI is InChI=1S/C12H22N2/c1-10(2,3)14-8-11-5-4-6-12(11,9-14)13-7-11/h13H,4-9H2,1-3H3. The van der Waals surface area contributed by atoms with Crippen LogP contribution < -0.4 is 5.32 Å². The predicted octanol–water partition coefficient (Wildman–Crippen LogP) is 1.61. The van der Waals surface area contributed by atoms with Crippen molar-refractivity contribution >= 4 is 0 Å². The zero-order chi connectivity index (χ0) is 10.0. The first-order valence-electron chi connectivity index (χ1n) is 5.98. The average molecular weight is 194 g/mol. The summed E-state index contributed by atoms with van der Waals surface area (Å²) < 4.78 is 0. The zero-order valence-corrected chi connectivity index (χ0v) is 9.69. The Morgan fingerprint density at radius 2 is 1.93 bits per heavy atom. The van der Waals surface area contributed by atoms with Crippen molar-refractivity contribution in [2.24, 2.45) is 5.41 Å². The van der Waals surface area contributed by atoms with E-state index in [9.17, 15) is 0 Å². The van der Waals surface area contributed by atoms with Gasteiger partial charge in [0.2, 0.25) is 0 Å². The molecule has 2 unspecified atom stereocenters. The molecule has 2 atom stereocenters. The number of hydrogen-bond donors (Lipinski definition) is 1. The first-order chi connectivity index (χ1) is 6.48. The molecule has 0 aromatic carbocycles. The molecule has 0 bridgehead atoms. The molecule has 80 valence electrons. The average Bonchev–Trinajstić information content (AvgIpc) is 2.31. The maximum absolute atomic E-state index is 3.73. The van der Waals surface area contributed by atoms with Crippen molar-refractivity contribution in [3.63, 3.8) is 0 Å². The second-order valence-corrected chi connectivity index (χ2v) is 6.60. The van der Waals surface area contributed by atoms with Crippen LogP contribution in [-0.4, -0.2) is 35.6 Å². The Morgan fingerprint density at radius 3 is 2.43 bits per heavy atom. The fraction of sp³-hybridized carbons (Fsp3) is 1.00. The fourth-order valence-corrected chi connectivity index (χ4v) is 3.81. The summed E-state index contributed by atoms with van der Waals surface area (Å²) in [5, 5.41) is 3.73. The molecule has 2 nitrogen and oxygen atoms in total. The van der Waals surface area contributed by atoms with Crippen LogP contribution in [-0.2, 0) is 0 Å². The number of likely N-dealkylation sites (tertiary alicyclic amines) is 1. The van der Waals surface area contributed by atoms with Crippen LogP contribution >= 0.6 is 0 Å². The quantitative estimate of drug-likeness (QED) is 0.630. The molecule has 0 aromatic heterocycles. The molecular weight excluding hydrogens is 172 g/mol. The third kappa shape index (κ3) is 0.892. The van der Waals surface area contributed by atoms with Gasteiger partial charge >= 0.3 is 0 Å². The minimum absolute atomic E-state index is 0.357. The maximum atomic E-state index is 3.73. The molecule has 2 heterocycles. The van der Waals surface area contributed by atoms with E-state index in [4.69, 9.17) is 0 Å². The van der Waals surface area contributed by atoms with E-state index in [-0.39, 0.29) is 0 Å². The van der Waals surface area contributed by atoms with E-state index in [0.717, 1.165) is 0 Å². The monoisotopic (exact) mass is 194 g/mol. The van der Waals surface area contributed by atoms with Crippen LogP contribution in [0.4, 0.5) is 0 Å². The zero-order valence-electron chi connectivity index (χ0n) is 9.69. The molecule has 1 N–H and O–H groups in total. The van der Waals surface area contributed by atoms with Gasteiger partial charge in [0.15, 0.2) is 0 Å². The van der Waals surface area contributed by atoms with Crippen molar-refractivity contribution in [2.75, 3.05) is 19.6 Å². The minimum atomic E-state index is 0.357. The molecule has 0 radical (unpaired) electrons. The molecule has 3 aliphatic rings. The van der Waals surface area contributed by atoms with Gasteiger partial charge in [-0.05, 0) is 33.6 Å². The van der Waals surface area contributed by atoms with Gasteiger partial charge in [-0.1, -0.05) is 6.42 Å². The van der Waals surface area contributed by atoms with E-state index < -0.39 is 0 Å². The van der Waals surface area contributed by atoms with Crippen LogP contribution in [0.15, 0.2) is 0 Å². The number of rotatable bonds is 0. The molecule has 0 aromatic rings. The molecule has 3 fully saturated rings. The predicted molar refractivity (Wildman–Crippen MR) is 58.3 cm³/mol. The molecule has 14 heavy (non-hydrogen) atoms. The van der Waals surface area contributed by atoms with Crippen molar-refractivity contribution in [1.82, 2.24) is 10.2 Å². The Morgan fingerprint density at radius 1 is 1.14 bits per heavy atom. The van der Waals surface area contributed by atoms with Crippen LogP contribution in [0.2, 0.25) is 0 Å². The molecule has 0 spiro atoms. The lowest BCUT2D eigenvalue weighted by Crippen LogP contribution is -2.69. The molecule has 2 aliphatic heterocycles. The van der Waals surface area contributed by atoms with E-state index >= 15 is 0 Å². The largest absolute Gasteiger partial charge is 0.309 e. The number of nitrogens with one attached hydrogen (secondary N) is 1. The van der Waals surface area contributed by atoms with Crippen LogP contribution in [0.25, 0.3) is 0 Å². The Bertz CT molecular complexity index is 248. The Kier molecular flexibility index (Phi) is 1.54. The lowest BCUT2D eigenvalue weighted by atomic mass is 9.68. The van der Waals surface area contributed by atoms with Gasteiger partial charge in [-0.25, -0.2) is 0 Å². The van der Waals surface area contributed by atoms with Crippen molar-refractivity contribution in [2.45, 2.75) is 51.1 Å². The van der Waals surface area contributed by atoms with Crippen LogP contribution in [0, 0.1) is 5.41 Å². The number of hydrogen-bond acceptors (Lipinski definition) is 2. The number of nitrogens with zero attached hydrogens (tertiary/aromatic N) is 1. The topological polar surface area (TPSA) is 15.3 Å². The van der Waals surface area contributed by atoms with E-state index in [1.807, 2.05) is 0 Å². The summed E-state index contributed by atoms with van der Waals surface area (Å²) in [6, 6.07) is 0. The van der Waals surface area contributed by atoms with Gasteiger partial charge in [0, 0.05) is 36.1 Å². The lowest BCUT2D eigenvalue weighted by molar-refractivity contribution is 0.0671. The van der Waals surface area contributed by atoms with Crippen molar-refractivity contribution in [3.05, 3.63) is 0 Å². The highest BCUT2D eigenvalue weighted by Gasteiger charge is 2.66. The smallest absolute Gasteiger partial charge is 0.0390 e. The van der Waals surface area contributed by atoms with Crippen LogP contribution in [0.5, 0.6) is 0 Å². The molecule has 3 rings (SSSR count). The van der Waals surface area contributed by atoms with Gasteiger partial charge in [-0.2, -0.15) is 0 Å². The second kappa shape index (κ2) is 2.35. The summed E-state index contributed by atoms with van der Waals surface area (Å²) in [4.78, 5) is 2.69. The molecule has 0 amide bonds. The van der Waals surface area contributed by atoms with Gasteiger partial charge < -0.3 is 5.32 Å². The summed E-state index contributed by atoms with van der Waals surface area (Å²) in [6.07, 6.45) is 4.33. The Labute approximate surface area is 87.0 Å². The van der Waals surface area contributed by atoms with E-state index in [1.54, 1.807) is 0 Å². The molecule has 2 heteroatoms. The minimum Gasteiger partial charge on any atom is -0.309 e. The molecule has 1 saturated carbocycles. The second-order valence-electron chi connectivity index (χ2n) is 6.60. The van der Waals surface area contributed by atoms with Gasteiger partial charge in [-0.15, -0.1) is 0 Å². The fourth-order valence-electron chi connectivity index (χ4n) is 3.81. The highest BCUT2D eigenvalue weighted by atomic mass is 15.3. The summed E-state index contributed by atoms with van der Waals surface area (Å²) in [6.45, 7) is 10.9. The summed E-state index contributed by atoms with van der Waals surface area (Å²) in [5.41, 5.74) is 1.55. The van der Waals surface area contributed by atoms with Gasteiger partial charge in [0.25, 0.3) is 0 Å². The van der Waals surface area contributed by atoms with E-state index in [2.05, 4.69) is 31.0 Å². The van der Waals surface area contributed by atoms with Crippen LogP contribution in [0.1, 0.15) is 40.0 Å². The normalized spacial score (nSPS) is 47.4. The van der Waals surface area contributed by atoms with Crippen molar-refractivity contribution in [1.29, 1.82) is 0 Å². The maximum Gasteiger partial charge on any atom is 0.0390 e.